The fourth-order valence-electron chi connectivity index (χ4n) is 3.99. The molecule has 1 fully saturated rings. The molecule has 0 unspecified atom stereocenters. The zero-order valence-electron chi connectivity index (χ0n) is 19.4. The van der Waals surface area contributed by atoms with Crippen molar-refractivity contribution in [2.75, 3.05) is 17.4 Å². The van der Waals surface area contributed by atoms with Gasteiger partial charge in [0.25, 0.3) is 10.0 Å². The van der Waals surface area contributed by atoms with Gasteiger partial charge >= 0.3 is 0 Å². The first-order chi connectivity index (χ1) is 17.2. The second-order valence-corrected chi connectivity index (χ2v) is 10.7. The van der Waals surface area contributed by atoms with Gasteiger partial charge in [0.05, 0.1) is 15.6 Å². The van der Waals surface area contributed by atoms with Crippen molar-refractivity contribution in [3.8, 4) is 0 Å². The minimum absolute atomic E-state index is 0.0117. The Labute approximate surface area is 214 Å². The van der Waals surface area contributed by atoms with Crippen molar-refractivity contribution in [2.24, 2.45) is 0 Å². The van der Waals surface area contributed by atoms with Gasteiger partial charge in [-0.1, -0.05) is 54.1 Å². The van der Waals surface area contributed by atoms with Gasteiger partial charge in [0.1, 0.15) is 12.4 Å². The van der Waals surface area contributed by atoms with Gasteiger partial charge in [-0.3, -0.25) is 13.9 Å². The van der Waals surface area contributed by atoms with Crippen molar-refractivity contribution in [1.29, 1.82) is 0 Å². The molecule has 1 aliphatic rings. The normalized spacial score (nSPS) is 13.6. The van der Waals surface area contributed by atoms with Gasteiger partial charge in [0, 0.05) is 26.1 Å². The second kappa shape index (κ2) is 11.1. The van der Waals surface area contributed by atoms with Crippen molar-refractivity contribution in [1.82, 2.24) is 10.2 Å². The highest BCUT2D eigenvalue weighted by Crippen LogP contribution is 2.27. The zero-order chi connectivity index (χ0) is 25.7. The van der Waals surface area contributed by atoms with E-state index in [0.717, 1.165) is 34.5 Å². The summed E-state index contributed by atoms with van der Waals surface area (Å²) in [5, 5.41) is 2.49. The highest BCUT2D eigenvalue weighted by Gasteiger charge is 2.27. The predicted octanol–water partition coefficient (Wildman–Crippen LogP) is 4.11. The van der Waals surface area contributed by atoms with Crippen LogP contribution in [0.2, 0.25) is 5.02 Å². The molecule has 0 spiro atoms. The molecular formula is C26H25ClFN3O4S. The summed E-state index contributed by atoms with van der Waals surface area (Å²) in [7, 11) is -4.13. The number of hydrogen-bond donors (Lipinski definition) is 1. The molecule has 4 rings (SSSR count). The Bertz CT molecular complexity index is 1370. The average Bonchev–Trinajstić information content (AvgIpc) is 3.27. The number of nitrogens with zero attached hydrogens (tertiary/aromatic N) is 2. The lowest BCUT2D eigenvalue weighted by molar-refractivity contribution is -0.128. The minimum atomic E-state index is -4.13. The smallest absolute Gasteiger partial charge is 0.264 e. The number of nitrogens with one attached hydrogen (secondary N) is 1. The molecule has 10 heteroatoms. The third-order valence-corrected chi connectivity index (χ3v) is 7.91. The fraction of sp³-hybridized carbons (Fsp3) is 0.231. The molecule has 188 valence electrons. The Hall–Kier alpha value is -3.43. The number of amides is 2. The van der Waals surface area contributed by atoms with Crippen molar-refractivity contribution >= 4 is 39.1 Å². The molecule has 36 heavy (non-hydrogen) atoms. The fourth-order valence-corrected chi connectivity index (χ4v) is 5.60. The van der Waals surface area contributed by atoms with E-state index in [-0.39, 0.29) is 28.1 Å². The summed E-state index contributed by atoms with van der Waals surface area (Å²) >= 11 is 5.89. The Morgan fingerprint density at radius 3 is 2.47 bits per heavy atom. The number of likely N-dealkylation sites (tertiary alicyclic amines) is 1. The van der Waals surface area contributed by atoms with Crippen LogP contribution in [0.5, 0.6) is 0 Å². The average molecular weight is 530 g/mol. The Kier molecular flexibility index (Phi) is 7.91. The maximum Gasteiger partial charge on any atom is 0.264 e. The minimum Gasteiger partial charge on any atom is -0.350 e. The largest absolute Gasteiger partial charge is 0.350 e. The zero-order valence-corrected chi connectivity index (χ0v) is 20.9. The number of carbonyl (C=O) groups excluding carboxylic acids is 2. The van der Waals surface area contributed by atoms with E-state index in [9.17, 15) is 22.4 Å². The van der Waals surface area contributed by atoms with Crippen molar-refractivity contribution in [3.05, 3.63) is 94.8 Å². The van der Waals surface area contributed by atoms with Gasteiger partial charge in [-0.15, -0.1) is 0 Å². The van der Waals surface area contributed by atoms with Gasteiger partial charge in [0.15, 0.2) is 0 Å². The molecule has 1 N–H and O–H groups in total. The number of rotatable bonds is 9. The molecule has 2 amide bonds. The van der Waals surface area contributed by atoms with E-state index in [1.54, 1.807) is 23.1 Å². The molecular weight excluding hydrogens is 505 g/mol. The van der Waals surface area contributed by atoms with Crippen LogP contribution in [0.25, 0.3) is 0 Å². The van der Waals surface area contributed by atoms with E-state index in [0.29, 0.717) is 13.0 Å². The number of carbonyl (C=O) groups is 2. The Morgan fingerprint density at radius 1 is 1.03 bits per heavy atom. The van der Waals surface area contributed by atoms with Crippen LogP contribution in [0.3, 0.4) is 0 Å². The first kappa shape index (κ1) is 25.7. The number of benzene rings is 3. The maximum atomic E-state index is 13.7. The molecule has 0 bridgehead atoms. The summed E-state index contributed by atoms with van der Waals surface area (Å²) in [6.07, 6.45) is 1.42. The maximum absolute atomic E-state index is 13.7. The lowest BCUT2D eigenvalue weighted by atomic mass is 10.1. The monoisotopic (exact) mass is 529 g/mol. The number of halogens is 2. The highest BCUT2D eigenvalue weighted by molar-refractivity contribution is 7.92. The topological polar surface area (TPSA) is 86.8 Å². The molecule has 0 aliphatic carbocycles. The third-order valence-electron chi connectivity index (χ3n) is 5.84. The van der Waals surface area contributed by atoms with Crippen molar-refractivity contribution in [2.45, 2.75) is 30.8 Å². The van der Waals surface area contributed by atoms with Crippen molar-refractivity contribution in [3.63, 3.8) is 0 Å². The molecule has 3 aromatic rings. The highest BCUT2D eigenvalue weighted by atomic mass is 35.5. The summed E-state index contributed by atoms with van der Waals surface area (Å²) in [4.78, 5) is 26.6. The predicted molar refractivity (Wildman–Crippen MR) is 135 cm³/mol. The van der Waals surface area contributed by atoms with Crippen LogP contribution in [-0.2, 0) is 32.7 Å². The lowest BCUT2D eigenvalue weighted by Gasteiger charge is -2.24. The van der Waals surface area contributed by atoms with Crippen LogP contribution in [-0.4, -0.2) is 38.2 Å². The summed E-state index contributed by atoms with van der Waals surface area (Å²) in [6, 6.07) is 18.7. The first-order valence-corrected chi connectivity index (χ1v) is 13.2. The van der Waals surface area contributed by atoms with Gasteiger partial charge in [-0.25, -0.2) is 12.8 Å². The van der Waals surface area contributed by atoms with Gasteiger partial charge in [-0.05, 0) is 47.9 Å². The standard InChI is InChI=1S/C26H25ClFN3O4S/c27-23-15-21(11-12-24(23)28)31(36(34,35)22-8-2-1-3-9-22)18-25(32)29-16-19-6-4-7-20(14-19)17-30-13-5-10-26(30)33/h1-4,6-9,11-12,14-15H,5,10,13,16-18H2,(H,29,32). The van der Waals surface area contributed by atoms with E-state index in [1.807, 2.05) is 24.3 Å². The van der Waals surface area contributed by atoms with Gasteiger partial charge < -0.3 is 10.2 Å². The third kappa shape index (κ3) is 6.03. The van der Waals surface area contributed by atoms with Crippen LogP contribution in [0, 0.1) is 5.82 Å². The number of sulfonamides is 1. The lowest BCUT2D eigenvalue weighted by Crippen LogP contribution is -2.40. The molecule has 1 aliphatic heterocycles. The molecule has 0 radical (unpaired) electrons. The molecule has 1 heterocycles. The van der Waals surface area contributed by atoms with Crippen LogP contribution >= 0.6 is 11.6 Å². The van der Waals surface area contributed by atoms with E-state index < -0.39 is 28.3 Å². The Morgan fingerprint density at radius 2 is 1.78 bits per heavy atom. The van der Waals surface area contributed by atoms with Gasteiger partial charge in [0.2, 0.25) is 11.8 Å². The summed E-state index contributed by atoms with van der Waals surface area (Å²) in [6.45, 7) is 0.888. The van der Waals surface area contributed by atoms with Crippen LogP contribution < -0.4 is 9.62 Å². The Balaban J connectivity index is 1.49. The van der Waals surface area contributed by atoms with Crippen LogP contribution in [0.15, 0.2) is 77.7 Å². The SMILES string of the molecule is O=C(CN(c1ccc(F)c(Cl)c1)S(=O)(=O)c1ccccc1)NCc1cccc(CN2CCCC2=O)c1. The van der Waals surface area contributed by atoms with E-state index in [1.165, 1.54) is 24.3 Å². The van der Waals surface area contributed by atoms with Crippen LogP contribution in [0.1, 0.15) is 24.0 Å². The molecule has 3 aromatic carbocycles. The molecule has 0 atom stereocenters. The molecule has 0 saturated carbocycles. The van der Waals surface area contributed by atoms with E-state index in [2.05, 4.69) is 5.32 Å². The van der Waals surface area contributed by atoms with Crippen LogP contribution in [0.4, 0.5) is 10.1 Å². The number of anilines is 1. The molecule has 7 nitrogen and oxygen atoms in total. The summed E-state index contributed by atoms with van der Waals surface area (Å²) < 4.78 is 41.3. The van der Waals surface area contributed by atoms with Crippen molar-refractivity contribution < 1.29 is 22.4 Å². The summed E-state index contributed by atoms with van der Waals surface area (Å²) in [5.41, 5.74) is 1.83. The molecule has 0 aromatic heterocycles. The van der Waals surface area contributed by atoms with E-state index in [4.69, 9.17) is 11.6 Å². The first-order valence-electron chi connectivity index (χ1n) is 11.4. The second-order valence-electron chi connectivity index (χ2n) is 8.44. The molecule has 1 saturated heterocycles. The van der Waals surface area contributed by atoms with E-state index >= 15 is 0 Å². The number of hydrogen-bond acceptors (Lipinski definition) is 4. The van der Waals surface area contributed by atoms with Gasteiger partial charge in [-0.2, -0.15) is 0 Å². The quantitative estimate of drug-likeness (QED) is 0.452. The summed E-state index contributed by atoms with van der Waals surface area (Å²) in [5.74, 6) is -1.11.